The summed E-state index contributed by atoms with van der Waals surface area (Å²) in [5, 5.41) is 11.3. The Morgan fingerprint density at radius 3 is 1.37 bits per heavy atom. The fraction of sp³-hybridized carbons (Fsp3) is 0.0345. The van der Waals surface area contributed by atoms with E-state index in [9.17, 15) is 5.11 Å². The van der Waals surface area contributed by atoms with Crippen LogP contribution in [0.5, 0.6) is 0 Å². The summed E-state index contributed by atoms with van der Waals surface area (Å²) in [7, 11) is 0. The molecule has 4 aromatic carbocycles. The Balaban J connectivity index is 1.92. The lowest BCUT2D eigenvalue weighted by Crippen LogP contribution is -2.26. The van der Waals surface area contributed by atoms with Crippen LogP contribution in [0.3, 0.4) is 0 Å². The van der Waals surface area contributed by atoms with Crippen LogP contribution in [0.25, 0.3) is 11.1 Å². The topological polar surface area (TPSA) is 20.2 Å². The summed E-state index contributed by atoms with van der Waals surface area (Å²) in [5.41, 5.74) is 5.37. The Labute approximate surface area is 177 Å². The maximum absolute atomic E-state index is 11.3. The highest BCUT2D eigenvalue weighted by atomic mass is 16.3. The molecule has 30 heavy (non-hydrogen) atoms. The first-order chi connectivity index (χ1) is 14.8. The molecule has 0 unspecified atom stereocenters. The van der Waals surface area contributed by atoms with E-state index in [1.165, 1.54) is 0 Å². The molecule has 1 heteroatoms. The normalized spacial score (nSPS) is 15.1. The summed E-state index contributed by atoms with van der Waals surface area (Å²) in [5.74, 6) is 0.188. The number of aliphatic hydroxyl groups excluding tert-OH is 1. The van der Waals surface area contributed by atoms with Gasteiger partial charge in [0, 0.05) is 11.6 Å². The number of aliphatic hydroxyl groups is 1. The third-order valence-corrected chi connectivity index (χ3v) is 5.71. The zero-order valence-electron chi connectivity index (χ0n) is 16.5. The number of allylic oxidation sites excluding steroid dienone is 3. The van der Waals surface area contributed by atoms with Gasteiger partial charge in [-0.1, -0.05) is 121 Å². The summed E-state index contributed by atoms with van der Waals surface area (Å²) >= 11 is 0. The van der Waals surface area contributed by atoms with Crippen molar-refractivity contribution in [2.75, 3.05) is 0 Å². The van der Waals surface area contributed by atoms with Crippen LogP contribution in [-0.4, -0.2) is 5.11 Å². The average Bonchev–Trinajstić information content (AvgIpc) is 3.15. The van der Waals surface area contributed by atoms with Gasteiger partial charge in [-0.2, -0.15) is 0 Å². The average molecular weight is 385 g/mol. The van der Waals surface area contributed by atoms with Crippen molar-refractivity contribution in [1.82, 2.24) is 0 Å². The molecule has 0 aromatic heterocycles. The van der Waals surface area contributed by atoms with Crippen LogP contribution in [0.1, 0.15) is 22.3 Å². The second-order valence-corrected chi connectivity index (χ2v) is 7.44. The Kier molecular flexibility index (Phi) is 4.57. The molecule has 0 saturated heterocycles. The van der Waals surface area contributed by atoms with Gasteiger partial charge in [-0.3, -0.25) is 0 Å². The monoisotopic (exact) mass is 385 g/mol. The van der Waals surface area contributed by atoms with Crippen molar-refractivity contribution in [3.8, 4) is 0 Å². The minimum Gasteiger partial charge on any atom is -0.507 e. The van der Waals surface area contributed by atoms with Gasteiger partial charge in [0.25, 0.3) is 0 Å². The lowest BCUT2D eigenvalue weighted by Gasteiger charge is -2.32. The van der Waals surface area contributed by atoms with Crippen molar-refractivity contribution in [2.24, 2.45) is 0 Å². The van der Waals surface area contributed by atoms with Gasteiger partial charge in [0.1, 0.15) is 5.76 Å². The standard InChI is InChI=1S/C29H21O/c30-26-21-29(24-17-9-3-10-18-24,25-19-11-4-12-20-25)28(23-15-7-2-8-16-23)27(26)22-13-5-1-6-14-22/h1-20,30H. The summed E-state index contributed by atoms with van der Waals surface area (Å²) in [6.45, 7) is 0. The molecule has 143 valence electrons. The molecular formula is C29H21O. The predicted molar refractivity (Wildman–Crippen MR) is 123 cm³/mol. The molecule has 1 N–H and O–H groups in total. The molecule has 1 aliphatic carbocycles. The van der Waals surface area contributed by atoms with Crippen molar-refractivity contribution in [1.29, 1.82) is 0 Å². The molecule has 0 spiro atoms. The fourth-order valence-electron chi connectivity index (χ4n) is 4.44. The summed E-state index contributed by atoms with van der Waals surface area (Å²) < 4.78 is 0. The number of hydrogen-bond acceptors (Lipinski definition) is 1. The first-order valence-corrected chi connectivity index (χ1v) is 10.1. The lowest BCUT2D eigenvalue weighted by atomic mass is 9.68. The molecule has 0 fully saturated rings. The zero-order valence-corrected chi connectivity index (χ0v) is 16.5. The predicted octanol–water partition coefficient (Wildman–Crippen LogP) is 6.84. The van der Waals surface area contributed by atoms with Gasteiger partial charge in [0.2, 0.25) is 0 Å². The highest BCUT2D eigenvalue weighted by Crippen LogP contribution is 2.54. The highest BCUT2D eigenvalue weighted by Gasteiger charge is 2.45. The molecule has 1 aliphatic rings. The van der Waals surface area contributed by atoms with Crippen LogP contribution < -0.4 is 0 Å². The van der Waals surface area contributed by atoms with Crippen molar-refractivity contribution < 1.29 is 5.11 Å². The molecule has 1 radical (unpaired) electrons. The van der Waals surface area contributed by atoms with Crippen molar-refractivity contribution in [3.05, 3.63) is 155 Å². The molecule has 0 heterocycles. The first-order valence-electron chi connectivity index (χ1n) is 10.1. The third kappa shape index (κ3) is 2.87. The second kappa shape index (κ2) is 7.53. The number of rotatable bonds is 4. The van der Waals surface area contributed by atoms with Gasteiger partial charge in [-0.25, -0.2) is 0 Å². The molecule has 0 saturated carbocycles. The van der Waals surface area contributed by atoms with Crippen LogP contribution >= 0.6 is 0 Å². The molecule has 4 aromatic rings. The first kappa shape index (κ1) is 18.2. The van der Waals surface area contributed by atoms with E-state index in [1.807, 2.05) is 84.9 Å². The van der Waals surface area contributed by atoms with Gasteiger partial charge >= 0.3 is 0 Å². The minimum absolute atomic E-state index is 0.188. The Hall–Kier alpha value is -3.84. The molecule has 1 nitrogen and oxygen atoms in total. The van der Waals surface area contributed by atoms with Gasteiger partial charge in [0.05, 0.1) is 5.41 Å². The summed E-state index contributed by atoms with van der Waals surface area (Å²) in [4.78, 5) is 0. The van der Waals surface area contributed by atoms with Gasteiger partial charge in [0.15, 0.2) is 0 Å². The minimum atomic E-state index is -0.709. The van der Waals surface area contributed by atoms with E-state index in [1.54, 1.807) is 0 Å². The number of hydrogen-bond donors (Lipinski definition) is 1. The Morgan fingerprint density at radius 2 is 0.900 bits per heavy atom. The van der Waals surface area contributed by atoms with Crippen molar-refractivity contribution in [3.63, 3.8) is 0 Å². The fourth-order valence-corrected chi connectivity index (χ4v) is 4.44. The summed E-state index contributed by atoms with van der Waals surface area (Å²) in [6, 6.07) is 41.1. The largest absolute Gasteiger partial charge is 0.507 e. The van der Waals surface area contributed by atoms with Crippen LogP contribution in [0.4, 0.5) is 0 Å². The molecule has 0 atom stereocenters. The van der Waals surface area contributed by atoms with Crippen LogP contribution in [-0.2, 0) is 5.41 Å². The molecular weight excluding hydrogens is 364 g/mol. The zero-order chi connectivity index (χ0) is 20.4. The molecule has 0 amide bonds. The van der Waals surface area contributed by atoms with Gasteiger partial charge in [-0.05, 0) is 27.8 Å². The van der Waals surface area contributed by atoms with Crippen LogP contribution in [0.15, 0.2) is 127 Å². The quantitative estimate of drug-likeness (QED) is 0.408. The SMILES string of the molecule is OC1=[C]C(c2ccccc2)(c2ccccc2)C(c2ccccc2)=C1c1ccccc1. The highest BCUT2D eigenvalue weighted by molar-refractivity contribution is 6.06. The number of benzene rings is 4. The van der Waals surface area contributed by atoms with E-state index in [4.69, 9.17) is 0 Å². The van der Waals surface area contributed by atoms with E-state index in [-0.39, 0.29) is 5.76 Å². The third-order valence-electron chi connectivity index (χ3n) is 5.71. The van der Waals surface area contributed by atoms with E-state index in [2.05, 4.69) is 42.5 Å². The molecule has 5 rings (SSSR count). The van der Waals surface area contributed by atoms with Gasteiger partial charge in [-0.15, -0.1) is 0 Å². The molecule has 0 aliphatic heterocycles. The smallest absolute Gasteiger partial charge is 0.129 e. The van der Waals surface area contributed by atoms with Gasteiger partial charge < -0.3 is 5.11 Å². The molecule has 0 bridgehead atoms. The Morgan fingerprint density at radius 1 is 0.500 bits per heavy atom. The van der Waals surface area contributed by atoms with E-state index < -0.39 is 5.41 Å². The second-order valence-electron chi connectivity index (χ2n) is 7.44. The van der Waals surface area contributed by atoms with Crippen LogP contribution in [0, 0.1) is 6.08 Å². The maximum Gasteiger partial charge on any atom is 0.129 e. The van der Waals surface area contributed by atoms with E-state index in [0.717, 1.165) is 33.4 Å². The summed E-state index contributed by atoms with van der Waals surface area (Å²) in [6.07, 6.45) is 3.50. The Bertz CT molecular complexity index is 1170. The van der Waals surface area contributed by atoms with Crippen molar-refractivity contribution in [2.45, 2.75) is 5.41 Å². The van der Waals surface area contributed by atoms with E-state index in [0.29, 0.717) is 0 Å². The maximum atomic E-state index is 11.3. The van der Waals surface area contributed by atoms with Crippen LogP contribution in [0.2, 0.25) is 0 Å². The van der Waals surface area contributed by atoms with Crippen molar-refractivity contribution >= 4 is 11.1 Å². The van der Waals surface area contributed by atoms with E-state index >= 15 is 0 Å². The lowest BCUT2D eigenvalue weighted by molar-refractivity contribution is 0.432.